The fourth-order valence-electron chi connectivity index (χ4n) is 2.13. The third-order valence-electron chi connectivity index (χ3n) is 3.20. The summed E-state index contributed by atoms with van der Waals surface area (Å²) in [4.78, 5) is 0. The van der Waals surface area contributed by atoms with Crippen molar-refractivity contribution >= 4 is 5.82 Å². The Balaban J connectivity index is 2.15. The molecule has 112 valence electrons. The topological polar surface area (TPSA) is 59.1 Å². The lowest BCUT2D eigenvalue weighted by atomic mass is 10.1. The molecule has 0 aliphatic rings. The van der Waals surface area contributed by atoms with Crippen molar-refractivity contribution in [2.24, 2.45) is 0 Å². The van der Waals surface area contributed by atoms with Crippen LogP contribution in [0.15, 0.2) is 30.3 Å². The van der Waals surface area contributed by atoms with Crippen LogP contribution in [0.5, 0.6) is 5.75 Å². The van der Waals surface area contributed by atoms with Gasteiger partial charge in [-0.15, -0.1) is 10.2 Å². The first-order valence-corrected chi connectivity index (χ1v) is 7.18. The summed E-state index contributed by atoms with van der Waals surface area (Å²) in [5, 5.41) is 15.1. The van der Waals surface area contributed by atoms with Crippen molar-refractivity contribution in [3.05, 3.63) is 35.9 Å². The van der Waals surface area contributed by atoms with E-state index < -0.39 is 0 Å². The maximum atomic E-state index is 5.39. The highest BCUT2D eigenvalue weighted by Gasteiger charge is 2.10. The van der Waals surface area contributed by atoms with E-state index in [1.54, 1.807) is 7.11 Å². The van der Waals surface area contributed by atoms with Crippen molar-refractivity contribution in [2.75, 3.05) is 32.1 Å². The van der Waals surface area contributed by atoms with Crippen LogP contribution in [0.25, 0.3) is 11.3 Å². The number of hydrogen-bond acceptors (Lipinski definition) is 5. The van der Waals surface area contributed by atoms with Gasteiger partial charge in [-0.1, -0.05) is 19.1 Å². The molecule has 0 saturated heterocycles. The second-order valence-electron chi connectivity index (χ2n) is 4.74. The number of aryl methyl sites for hydroxylation is 1. The summed E-state index contributed by atoms with van der Waals surface area (Å²) in [6.45, 7) is 6.83. The molecular weight excluding hydrogens is 264 g/mol. The molecule has 0 atom stereocenters. The van der Waals surface area contributed by atoms with Gasteiger partial charge >= 0.3 is 0 Å². The van der Waals surface area contributed by atoms with Crippen molar-refractivity contribution in [1.82, 2.24) is 15.5 Å². The third-order valence-corrected chi connectivity index (χ3v) is 3.20. The number of rotatable bonds is 7. The van der Waals surface area contributed by atoms with Gasteiger partial charge in [0.1, 0.15) is 11.6 Å². The predicted molar refractivity (Wildman–Crippen MR) is 85.8 cm³/mol. The highest BCUT2D eigenvalue weighted by Crippen LogP contribution is 2.30. The van der Waals surface area contributed by atoms with E-state index in [1.165, 1.54) is 0 Å². The van der Waals surface area contributed by atoms with Crippen molar-refractivity contribution in [1.29, 1.82) is 0 Å². The second-order valence-corrected chi connectivity index (χ2v) is 4.74. The highest BCUT2D eigenvalue weighted by atomic mass is 16.5. The first-order valence-electron chi connectivity index (χ1n) is 7.18. The number of likely N-dealkylation sites (N-methyl/N-ethyl adjacent to an activating group) is 1. The molecule has 0 unspecified atom stereocenters. The Kier molecular flexibility index (Phi) is 5.51. The van der Waals surface area contributed by atoms with Crippen LogP contribution in [0, 0.1) is 6.92 Å². The van der Waals surface area contributed by atoms with Gasteiger partial charge in [0.25, 0.3) is 0 Å². The number of ether oxygens (including phenoxy) is 1. The van der Waals surface area contributed by atoms with E-state index in [9.17, 15) is 0 Å². The molecule has 0 radical (unpaired) electrons. The maximum absolute atomic E-state index is 5.39. The lowest BCUT2D eigenvalue weighted by molar-refractivity contribution is 0.416. The fourth-order valence-corrected chi connectivity index (χ4v) is 2.13. The van der Waals surface area contributed by atoms with Gasteiger partial charge in [0, 0.05) is 18.7 Å². The van der Waals surface area contributed by atoms with Gasteiger partial charge in [0.05, 0.1) is 12.8 Å². The number of para-hydroxylation sites is 1. The molecule has 2 N–H and O–H groups in total. The first-order chi connectivity index (χ1) is 10.3. The molecule has 1 heterocycles. The van der Waals surface area contributed by atoms with E-state index in [1.807, 2.05) is 37.3 Å². The number of nitrogens with zero attached hydrogens (tertiary/aromatic N) is 2. The average Bonchev–Trinajstić information content (AvgIpc) is 2.52. The van der Waals surface area contributed by atoms with Gasteiger partial charge in [-0.25, -0.2) is 0 Å². The number of aromatic nitrogens is 2. The van der Waals surface area contributed by atoms with Crippen LogP contribution in [-0.4, -0.2) is 36.9 Å². The minimum atomic E-state index is 0.795. The zero-order valence-corrected chi connectivity index (χ0v) is 12.8. The normalized spacial score (nSPS) is 10.4. The summed E-state index contributed by atoms with van der Waals surface area (Å²) in [6.07, 6.45) is 0. The minimum Gasteiger partial charge on any atom is -0.496 e. The summed E-state index contributed by atoms with van der Waals surface area (Å²) < 4.78 is 5.39. The molecule has 2 rings (SSSR count). The molecule has 1 aromatic heterocycles. The van der Waals surface area contributed by atoms with Crippen molar-refractivity contribution in [3.8, 4) is 17.0 Å². The smallest absolute Gasteiger partial charge is 0.148 e. The van der Waals surface area contributed by atoms with Gasteiger partial charge in [0.15, 0.2) is 0 Å². The van der Waals surface area contributed by atoms with Gasteiger partial charge in [-0.2, -0.15) is 0 Å². The molecule has 0 bridgehead atoms. The van der Waals surface area contributed by atoms with Crippen LogP contribution >= 0.6 is 0 Å². The molecule has 5 heteroatoms. The Morgan fingerprint density at radius 2 is 1.95 bits per heavy atom. The van der Waals surface area contributed by atoms with E-state index in [-0.39, 0.29) is 0 Å². The van der Waals surface area contributed by atoms with E-state index in [4.69, 9.17) is 4.74 Å². The molecule has 5 nitrogen and oxygen atoms in total. The van der Waals surface area contributed by atoms with Crippen molar-refractivity contribution in [2.45, 2.75) is 13.8 Å². The minimum absolute atomic E-state index is 0.795. The van der Waals surface area contributed by atoms with Gasteiger partial charge in [-0.05, 0) is 37.2 Å². The summed E-state index contributed by atoms with van der Waals surface area (Å²) in [6, 6.07) is 9.86. The van der Waals surface area contributed by atoms with Crippen LogP contribution in [0.1, 0.15) is 12.5 Å². The number of methoxy groups -OCH3 is 1. The summed E-state index contributed by atoms with van der Waals surface area (Å²) in [7, 11) is 1.66. The average molecular weight is 286 g/mol. The highest BCUT2D eigenvalue weighted by molar-refractivity contribution is 5.70. The Bertz CT molecular complexity index is 586. The van der Waals surface area contributed by atoms with Crippen LogP contribution in [0.2, 0.25) is 0 Å². The molecule has 21 heavy (non-hydrogen) atoms. The Hall–Kier alpha value is -2.14. The summed E-state index contributed by atoms with van der Waals surface area (Å²) in [5.74, 6) is 1.60. The predicted octanol–water partition coefficient (Wildman–Crippen LogP) is 2.48. The SMILES string of the molecule is CCNCCNc1cc(C)c(-c2ccccc2OC)nn1. The number of nitrogens with one attached hydrogen (secondary N) is 2. The molecule has 0 spiro atoms. The van der Waals surface area contributed by atoms with Crippen LogP contribution in [0.3, 0.4) is 0 Å². The Labute approximate surface area is 125 Å². The monoisotopic (exact) mass is 286 g/mol. The lowest BCUT2D eigenvalue weighted by Gasteiger charge is -2.11. The summed E-state index contributed by atoms with van der Waals surface area (Å²) >= 11 is 0. The largest absolute Gasteiger partial charge is 0.496 e. The fraction of sp³-hybridized carbons (Fsp3) is 0.375. The molecule has 0 fully saturated rings. The van der Waals surface area contributed by atoms with Crippen LogP contribution in [0.4, 0.5) is 5.82 Å². The molecule has 2 aromatic rings. The quantitative estimate of drug-likeness (QED) is 0.766. The lowest BCUT2D eigenvalue weighted by Crippen LogP contribution is -2.22. The Morgan fingerprint density at radius 3 is 2.67 bits per heavy atom. The molecule has 0 saturated carbocycles. The van der Waals surface area contributed by atoms with E-state index in [0.717, 1.165) is 48.0 Å². The summed E-state index contributed by atoms with van der Waals surface area (Å²) in [5.41, 5.74) is 2.88. The number of benzene rings is 1. The van der Waals surface area contributed by atoms with Gasteiger partial charge in [0.2, 0.25) is 0 Å². The van der Waals surface area contributed by atoms with Gasteiger partial charge in [-0.3, -0.25) is 0 Å². The molecule has 0 aliphatic carbocycles. The molecule has 1 aromatic carbocycles. The third kappa shape index (κ3) is 3.92. The molecular formula is C16H22N4O. The zero-order valence-electron chi connectivity index (χ0n) is 12.8. The molecule has 0 amide bonds. The van der Waals surface area contributed by atoms with Crippen LogP contribution in [-0.2, 0) is 0 Å². The van der Waals surface area contributed by atoms with Crippen molar-refractivity contribution < 1.29 is 4.74 Å². The van der Waals surface area contributed by atoms with Crippen molar-refractivity contribution in [3.63, 3.8) is 0 Å². The maximum Gasteiger partial charge on any atom is 0.148 e. The zero-order chi connectivity index (χ0) is 15.1. The van der Waals surface area contributed by atoms with E-state index >= 15 is 0 Å². The molecule has 0 aliphatic heterocycles. The van der Waals surface area contributed by atoms with E-state index in [2.05, 4.69) is 27.8 Å². The van der Waals surface area contributed by atoms with Gasteiger partial charge < -0.3 is 15.4 Å². The standard InChI is InChI=1S/C16H22N4O/c1-4-17-9-10-18-15-11-12(2)16(20-19-15)13-7-5-6-8-14(13)21-3/h5-8,11,17H,4,9-10H2,1-3H3,(H,18,19). The van der Waals surface area contributed by atoms with E-state index in [0.29, 0.717) is 0 Å². The number of anilines is 1. The van der Waals surface area contributed by atoms with Crippen LogP contribution < -0.4 is 15.4 Å². The number of hydrogen-bond donors (Lipinski definition) is 2. The Morgan fingerprint density at radius 1 is 1.14 bits per heavy atom. The first kappa shape index (κ1) is 15.3. The second kappa shape index (κ2) is 7.59.